The summed E-state index contributed by atoms with van der Waals surface area (Å²) >= 11 is 0. The Morgan fingerprint density at radius 2 is 2.29 bits per heavy atom. The van der Waals surface area contributed by atoms with Crippen molar-refractivity contribution in [2.24, 2.45) is 0 Å². The van der Waals surface area contributed by atoms with Crippen molar-refractivity contribution in [2.45, 2.75) is 25.5 Å². The molecule has 2 N–H and O–H groups in total. The molecule has 17 heavy (non-hydrogen) atoms. The summed E-state index contributed by atoms with van der Waals surface area (Å²) in [6.07, 6.45) is 0.192. The standard InChI is InChI=1S/C9H14N2O5S/c1-7-5-8(11-16-7)6-17(14,15)10-4-2-3-9(12)13/h5,10H,2-4,6H2,1H3,(H,12,13). The lowest BCUT2D eigenvalue weighted by molar-refractivity contribution is -0.137. The van der Waals surface area contributed by atoms with Gasteiger partial charge in [-0.05, 0) is 13.3 Å². The summed E-state index contributed by atoms with van der Waals surface area (Å²) < 4.78 is 30.1. The van der Waals surface area contributed by atoms with Gasteiger partial charge in [0.15, 0.2) is 0 Å². The molecule has 0 aliphatic rings. The van der Waals surface area contributed by atoms with Crippen molar-refractivity contribution in [3.05, 3.63) is 17.5 Å². The minimum absolute atomic E-state index is 0.0639. The van der Waals surface area contributed by atoms with E-state index < -0.39 is 16.0 Å². The lowest BCUT2D eigenvalue weighted by Gasteiger charge is -2.03. The SMILES string of the molecule is Cc1cc(CS(=O)(=O)NCCCC(=O)O)no1. The summed E-state index contributed by atoms with van der Waals surface area (Å²) in [5.41, 5.74) is 0.327. The zero-order chi connectivity index (χ0) is 12.9. The van der Waals surface area contributed by atoms with Gasteiger partial charge in [0.05, 0.1) is 0 Å². The second-order valence-electron chi connectivity index (χ2n) is 3.58. The van der Waals surface area contributed by atoms with Gasteiger partial charge in [-0.2, -0.15) is 0 Å². The van der Waals surface area contributed by atoms with Crippen molar-refractivity contribution in [3.63, 3.8) is 0 Å². The summed E-state index contributed by atoms with van der Waals surface area (Å²) in [5, 5.41) is 12.0. The van der Waals surface area contributed by atoms with Gasteiger partial charge in [0.1, 0.15) is 17.2 Å². The largest absolute Gasteiger partial charge is 0.481 e. The number of carbonyl (C=O) groups is 1. The van der Waals surface area contributed by atoms with Gasteiger partial charge in [0, 0.05) is 19.0 Å². The summed E-state index contributed by atoms with van der Waals surface area (Å²) in [5.74, 6) is -0.672. The molecule has 0 amide bonds. The van der Waals surface area contributed by atoms with Crippen LogP contribution < -0.4 is 4.72 Å². The average Bonchev–Trinajstić information content (AvgIpc) is 2.57. The van der Waals surface area contributed by atoms with Crippen LogP contribution in [-0.4, -0.2) is 31.2 Å². The summed E-state index contributed by atoms with van der Waals surface area (Å²) in [7, 11) is -3.48. The van der Waals surface area contributed by atoms with Crippen molar-refractivity contribution in [2.75, 3.05) is 6.54 Å². The normalized spacial score (nSPS) is 11.6. The highest BCUT2D eigenvalue weighted by Crippen LogP contribution is 2.05. The summed E-state index contributed by atoms with van der Waals surface area (Å²) in [6.45, 7) is 1.77. The molecule has 1 rings (SSSR count). The van der Waals surface area contributed by atoms with Crippen LogP contribution in [0.3, 0.4) is 0 Å². The van der Waals surface area contributed by atoms with E-state index in [1.165, 1.54) is 6.07 Å². The first-order valence-corrected chi connectivity index (χ1v) is 6.65. The first-order chi connectivity index (χ1) is 7.89. The Kier molecular flexibility index (Phi) is 4.64. The third-order valence-corrected chi connectivity index (χ3v) is 3.22. The Balaban J connectivity index is 2.39. The van der Waals surface area contributed by atoms with E-state index in [0.717, 1.165) is 0 Å². The molecule has 0 spiro atoms. The topological polar surface area (TPSA) is 110 Å². The maximum absolute atomic E-state index is 11.5. The van der Waals surface area contributed by atoms with Crippen LogP contribution in [0, 0.1) is 6.92 Å². The second-order valence-corrected chi connectivity index (χ2v) is 5.39. The molecule has 0 fully saturated rings. The van der Waals surface area contributed by atoms with Gasteiger partial charge in [0.25, 0.3) is 0 Å². The quantitative estimate of drug-likeness (QED) is 0.682. The molecular formula is C9H14N2O5S. The van der Waals surface area contributed by atoms with Crippen molar-refractivity contribution in [1.29, 1.82) is 0 Å². The predicted molar refractivity (Wildman–Crippen MR) is 58.7 cm³/mol. The molecule has 1 aromatic rings. The van der Waals surface area contributed by atoms with Gasteiger partial charge >= 0.3 is 5.97 Å². The lowest BCUT2D eigenvalue weighted by Crippen LogP contribution is -2.26. The van der Waals surface area contributed by atoms with Crippen LogP contribution >= 0.6 is 0 Å². The summed E-state index contributed by atoms with van der Waals surface area (Å²) in [6, 6.07) is 1.54. The minimum atomic E-state index is -3.48. The highest BCUT2D eigenvalue weighted by molar-refractivity contribution is 7.88. The van der Waals surface area contributed by atoms with Crippen molar-refractivity contribution in [3.8, 4) is 0 Å². The highest BCUT2D eigenvalue weighted by Gasteiger charge is 2.13. The van der Waals surface area contributed by atoms with E-state index in [-0.39, 0.29) is 25.1 Å². The average molecular weight is 262 g/mol. The van der Waals surface area contributed by atoms with Crippen LogP contribution in [0.25, 0.3) is 0 Å². The van der Waals surface area contributed by atoms with Gasteiger partial charge in [0.2, 0.25) is 10.0 Å². The molecule has 0 aliphatic heterocycles. The van der Waals surface area contributed by atoms with Gasteiger partial charge in [-0.3, -0.25) is 4.79 Å². The Morgan fingerprint density at radius 3 is 2.82 bits per heavy atom. The minimum Gasteiger partial charge on any atom is -0.481 e. The van der Waals surface area contributed by atoms with E-state index in [2.05, 4.69) is 9.88 Å². The number of rotatable bonds is 7. The van der Waals surface area contributed by atoms with E-state index >= 15 is 0 Å². The van der Waals surface area contributed by atoms with Crippen LogP contribution in [-0.2, 0) is 20.6 Å². The van der Waals surface area contributed by atoms with Crippen LogP contribution in [0.2, 0.25) is 0 Å². The van der Waals surface area contributed by atoms with E-state index in [1.807, 2.05) is 0 Å². The van der Waals surface area contributed by atoms with E-state index in [0.29, 0.717) is 11.5 Å². The molecule has 0 radical (unpaired) electrons. The fourth-order valence-corrected chi connectivity index (χ4v) is 2.28. The van der Waals surface area contributed by atoms with Gasteiger partial charge in [-0.15, -0.1) is 0 Å². The predicted octanol–water partition coefficient (Wildman–Crippen LogP) is 0.267. The number of nitrogens with zero attached hydrogens (tertiary/aromatic N) is 1. The molecule has 0 aromatic carbocycles. The molecule has 0 unspecified atom stereocenters. The van der Waals surface area contributed by atoms with Gasteiger partial charge in [-0.25, -0.2) is 13.1 Å². The number of aromatic nitrogens is 1. The third kappa shape index (κ3) is 5.45. The number of hydrogen-bond donors (Lipinski definition) is 2. The van der Waals surface area contributed by atoms with Crippen molar-refractivity contribution < 1.29 is 22.8 Å². The molecule has 96 valence electrons. The van der Waals surface area contributed by atoms with E-state index in [9.17, 15) is 13.2 Å². The first-order valence-electron chi connectivity index (χ1n) is 5.00. The molecule has 1 aromatic heterocycles. The molecule has 8 heteroatoms. The summed E-state index contributed by atoms with van der Waals surface area (Å²) in [4.78, 5) is 10.2. The Morgan fingerprint density at radius 1 is 1.59 bits per heavy atom. The zero-order valence-electron chi connectivity index (χ0n) is 9.34. The number of aryl methyl sites for hydroxylation is 1. The molecule has 7 nitrogen and oxygen atoms in total. The first kappa shape index (κ1) is 13.7. The molecule has 0 bridgehead atoms. The van der Waals surface area contributed by atoms with Crippen LogP contribution in [0.5, 0.6) is 0 Å². The molecule has 0 saturated carbocycles. The van der Waals surface area contributed by atoms with Crippen LogP contribution in [0.1, 0.15) is 24.3 Å². The number of hydrogen-bond acceptors (Lipinski definition) is 5. The molecular weight excluding hydrogens is 248 g/mol. The molecule has 0 atom stereocenters. The fourth-order valence-electron chi connectivity index (χ4n) is 1.20. The number of carboxylic acids is 1. The molecule has 1 heterocycles. The highest BCUT2D eigenvalue weighted by atomic mass is 32.2. The Hall–Kier alpha value is -1.41. The molecule has 0 saturated heterocycles. The maximum Gasteiger partial charge on any atom is 0.303 e. The number of carboxylic acid groups (broad SMARTS) is 1. The zero-order valence-corrected chi connectivity index (χ0v) is 10.2. The monoisotopic (exact) mass is 262 g/mol. The third-order valence-electron chi connectivity index (χ3n) is 1.90. The van der Waals surface area contributed by atoms with Crippen molar-refractivity contribution in [1.82, 2.24) is 9.88 Å². The smallest absolute Gasteiger partial charge is 0.303 e. The lowest BCUT2D eigenvalue weighted by atomic mass is 10.3. The maximum atomic E-state index is 11.5. The number of sulfonamides is 1. The second kappa shape index (κ2) is 5.78. The van der Waals surface area contributed by atoms with Gasteiger partial charge < -0.3 is 9.63 Å². The van der Waals surface area contributed by atoms with Crippen LogP contribution in [0.4, 0.5) is 0 Å². The molecule has 0 aliphatic carbocycles. The number of nitrogens with one attached hydrogen (secondary N) is 1. The van der Waals surface area contributed by atoms with E-state index in [4.69, 9.17) is 9.63 Å². The van der Waals surface area contributed by atoms with Gasteiger partial charge in [-0.1, -0.05) is 5.16 Å². The van der Waals surface area contributed by atoms with Crippen molar-refractivity contribution >= 4 is 16.0 Å². The van der Waals surface area contributed by atoms with E-state index in [1.54, 1.807) is 6.92 Å². The Labute approximate surface area is 98.9 Å². The van der Waals surface area contributed by atoms with Crippen LogP contribution in [0.15, 0.2) is 10.6 Å². The Bertz CT molecular complexity index is 479. The number of aliphatic carboxylic acids is 1. The fraction of sp³-hybridized carbons (Fsp3) is 0.556.